The molecule has 0 amide bonds. The second kappa shape index (κ2) is 8.43. The number of hydrogen-bond acceptors (Lipinski definition) is 7. The molecule has 1 aliphatic rings. The van der Waals surface area contributed by atoms with E-state index in [0.717, 1.165) is 50.4 Å². The van der Waals surface area contributed by atoms with Crippen molar-refractivity contribution in [1.29, 1.82) is 0 Å². The van der Waals surface area contributed by atoms with Crippen molar-refractivity contribution in [3.63, 3.8) is 0 Å². The van der Waals surface area contributed by atoms with Crippen molar-refractivity contribution in [2.45, 2.75) is 26.8 Å². The van der Waals surface area contributed by atoms with Gasteiger partial charge in [0.1, 0.15) is 0 Å². The van der Waals surface area contributed by atoms with Crippen molar-refractivity contribution in [2.75, 3.05) is 31.1 Å². The molecule has 1 aliphatic heterocycles. The molecule has 8 heteroatoms. The van der Waals surface area contributed by atoms with Crippen LogP contribution in [0, 0.1) is 5.92 Å². The average Bonchev–Trinajstić information content (AvgIpc) is 3.23. The van der Waals surface area contributed by atoms with E-state index < -0.39 is 0 Å². The van der Waals surface area contributed by atoms with Gasteiger partial charge in [0.2, 0.25) is 5.82 Å². The molecule has 0 unspecified atom stereocenters. The Kier molecular flexibility index (Phi) is 5.57. The lowest BCUT2D eigenvalue weighted by Crippen LogP contribution is -2.46. The van der Waals surface area contributed by atoms with E-state index in [0.29, 0.717) is 11.7 Å². The molecule has 4 rings (SSSR count). The normalized spacial score (nSPS) is 15.3. The lowest BCUT2D eigenvalue weighted by atomic mass is 9.99. The van der Waals surface area contributed by atoms with Crippen LogP contribution in [0.5, 0.6) is 0 Å². The number of H-pyrrole nitrogens is 1. The number of nitrogens with one attached hydrogen (secondary N) is 1. The maximum atomic E-state index is 4.20. The fourth-order valence-corrected chi connectivity index (χ4v) is 3.70. The van der Waals surface area contributed by atoms with Crippen LogP contribution in [0.2, 0.25) is 0 Å². The lowest BCUT2D eigenvalue weighted by Gasteiger charge is -2.36. The van der Waals surface area contributed by atoms with Crippen LogP contribution in [0.1, 0.15) is 25.1 Å². The molecule has 0 radical (unpaired) electrons. The zero-order valence-electron chi connectivity index (χ0n) is 16.4. The number of tetrazole rings is 1. The van der Waals surface area contributed by atoms with E-state index in [2.05, 4.69) is 72.7 Å². The molecule has 0 aliphatic carbocycles. The topological polar surface area (TPSA) is 86.7 Å². The van der Waals surface area contributed by atoms with Gasteiger partial charge in [-0.25, -0.2) is 0 Å². The standard InChI is InChI=1S/C20H26N8/c1-15(2)12-16-5-6-18(20-23-25-26-24-20)19(13-16)28-10-8-27(9-11-28)14-17-4-3-7-21-22-17/h3-7,13,15H,8-12,14H2,1-2H3,(H,23,24,25,26). The molecule has 1 saturated heterocycles. The van der Waals surface area contributed by atoms with Crippen molar-refractivity contribution in [2.24, 2.45) is 5.92 Å². The summed E-state index contributed by atoms with van der Waals surface area (Å²) in [5.74, 6) is 1.26. The van der Waals surface area contributed by atoms with Gasteiger partial charge in [-0.3, -0.25) is 4.90 Å². The van der Waals surface area contributed by atoms with E-state index in [1.54, 1.807) is 6.20 Å². The van der Waals surface area contributed by atoms with E-state index in [1.165, 1.54) is 11.3 Å². The third kappa shape index (κ3) is 4.33. The Bertz CT molecular complexity index is 870. The first-order chi connectivity index (χ1) is 13.7. The number of rotatable bonds is 6. The van der Waals surface area contributed by atoms with Crippen LogP contribution in [0.25, 0.3) is 11.4 Å². The maximum absolute atomic E-state index is 4.20. The predicted molar refractivity (Wildman–Crippen MR) is 108 cm³/mol. The molecule has 3 heterocycles. The first kappa shape index (κ1) is 18.5. The molecule has 0 saturated carbocycles. The van der Waals surface area contributed by atoms with Crippen LogP contribution in [0.3, 0.4) is 0 Å². The molecule has 1 N–H and O–H groups in total. The molecule has 1 aromatic carbocycles. The van der Waals surface area contributed by atoms with Crippen LogP contribution < -0.4 is 4.90 Å². The summed E-state index contributed by atoms with van der Waals surface area (Å²) in [5, 5.41) is 22.9. The van der Waals surface area contributed by atoms with Crippen molar-refractivity contribution < 1.29 is 0 Å². The summed E-state index contributed by atoms with van der Waals surface area (Å²) in [4.78, 5) is 4.86. The summed E-state index contributed by atoms with van der Waals surface area (Å²) >= 11 is 0. The largest absolute Gasteiger partial charge is 0.368 e. The van der Waals surface area contributed by atoms with Crippen molar-refractivity contribution >= 4 is 5.69 Å². The summed E-state index contributed by atoms with van der Waals surface area (Å²) in [7, 11) is 0. The molecule has 0 spiro atoms. The zero-order chi connectivity index (χ0) is 19.3. The fraction of sp³-hybridized carbons (Fsp3) is 0.450. The van der Waals surface area contributed by atoms with Gasteiger partial charge in [-0.05, 0) is 47.4 Å². The third-order valence-corrected chi connectivity index (χ3v) is 5.02. The van der Waals surface area contributed by atoms with E-state index in [4.69, 9.17) is 0 Å². The molecular weight excluding hydrogens is 352 g/mol. The minimum absolute atomic E-state index is 0.618. The Morgan fingerprint density at radius 3 is 2.61 bits per heavy atom. The Morgan fingerprint density at radius 2 is 1.93 bits per heavy atom. The number of piperazine rings is 1. The Labute approximate surface area is 165 Å². The molecular formula is C20H26N8. The second-order valence-electron chi connectivity index (χ2n) is 7.66. The summed E-state index contributed by atoms with van der Waals surface area (Å²) in [5.41, 5.74) is 4.59. The summed E-state index contributed by atoms with van der Waals surface area (Å²) in [6.07, 6.45) is 2.78. The maximum Gasteiger partial charge on any atom is 0.206 e. The van der Waals surface area contributed by atoms with E-state index in [-0.39, 0.29) is 0 Å². The van der Waals surface area contributed by atoms with Crippen LogP contribution in [0.4, 0.5) is 5.69 Å². The van der Waals surface area contributed by atoms with E-state index >= 15 is 0 Å². The van der Waals surface area contributed by atoms with Crippen LogP contribution in [-0.2, 0) is 13.0 Å². The Hall–Kier alpha value is -2.87. The van der Waals surface area contributed by atoms with Gasteiger partial charge < -0.3 is 4.90 Å². The zero-order valence-corrected chi connectivity index (χ0v) is 16.4. The minimum Gasteiger partial charge on any atom is -0.368 e. The van der Waals surface area contributed by atoms with Crippen molar-refractivity contribution in [3.8, 4) is 11.4 Å². The summed E-state index contributed by atoms with van der Waals surface area (Å²) in [6.45, 7) is 9.21. The molecule has 146 valence electrons. The van der Waals surface area contributed by atoms with Crippen molar-refractivity contribution in [1.82, 2.24) is 35.7 Å². The first-order valence-corrected chi connectivity index (χ1v) is 9.79. The quantitative estimate of drug-likeness (QED) is 0.703. The number of hydrogen-bond donors (Lipinski definition) is 1. The third-order valence-electron chi connectivity index (χ3n) is 5.02. The van der Waals surface area contributed by atoms with Gasteiger partial charge in [0.05, 0.1) is 5.69 Å². The highest BCUT2D eigenvalue weighted by molar-refractivity contribution is 5.75. The van der Waals surface area contributed by atoms with Crippen LogP contribution in [-0.4, -0.2) is 61.9 Å². The smallest absolute Gasteiger partial charge is 0.206 e. The van der Waals surface area contributed by atoms with E-state index in [1.807, 2.05) is 12.1 Å². The Morgan fingerprint density at radius 1 is 1.07 bits per heavy atom. The molecule has 1 fully saturated rings. The second-order valence-corrected chi connectivity index (χ2v) is 7.66. The van der Waals surface area contributed by atoms with Gasteiger partial charge in [-0.15, -0.1) is 10.2 Å². The molecule has 28 heavy (non-hydrogen) atoms. The van der Waals surface area contributed by atoms with Gasteiger partial charge in [0, 0.05) is 50.2 Å². The minimum atomic E-state index is 0.618. The lowest BCUT2D eigenvalue weighted by molar-refractivity contribution is 0.246. The highest BCUT2D eigenvalue weighted by Gasteiger charge is 2.22. The van der Waals surface area contributed by atoms with Crippen molar-refractivity contribution in [3.05, 3.63) is 47.8 Å². The van der Waals surface area contributed by atoms with Gasteiger partial charge in [-0.1, -0.05) is 19.9 Å². The van der Waals surface area contributed by atoms with E-state index in [9.17, 15) is 0 Å². The Balaban J connectivity index is 1.51. The molecule has 8 nitrogen and oxygen atoms in total. The monoisotopic (exact) mass is 378 g/mol. The summed E-state index contributed by atoms with van der Waals surface area (Å²) < 4.78 is 0. The number of aromatic amines is 1. The highest BCUT2D eigenvalue weighted by atomic mass is 15.5. The molecule has 2 aromatic heterocycles. The summed E-state index contributed by atoms with van der Waals surface area (Å²) in [6, 6.07) is 10.6. The van der Waals surface area contributed by atoms with Gasteiger partial charge >= 0.3 is 0 Å². The molecule has 3 aromatic rings. The fourth-order valence-electron chi connectivity index (χ4n) is 3.70. The number of aromatic nitrogens is 6. The van der Waals surface area contributed by atoms with Gasteiger partial charge in [0.25, 0.3) is 0 Å². The number of anilines is 1. The average molecular weight is 378 g/mol. The van der Waals surface area contributed by atoms with Crippen LogP contribution in [0.15, 0.2) is 36.5 Å². The number of benzene rings is 1. The van der Waals surface area contributed by atoms with Crippen LogP contribution >= 0.6 is 0 Å². The predicted octanol–water partition coefficient (Wildman–Crippen LogP) is 2.18. The number of nitrogens with zero attached hydrogens (tertiary/aromatic N) is 7. The highest BCUT2D eigenvalue weighted by Crippen LogP contribution is 2.31. The first-order valence-electron chi connectivity index (χ1n) is 9.79. The molecule has 0 atom stereocenters. The molecule has 0 bridgehead atoms. The van der Waals surface area contributed by atoms with Gasteiger partial charge in [0.15, 0.2) is 0 Å². The van der Waals surface area contributed by atoms with Gasteiger partial charge in [-0.2, -0.15) is 15.4 Å². The SMILES string of the molecule is CC(C)Cc1ccc(-c2nn[nH]n2)c(N2CCN(Cc3cccnn3)CC2)c1.